The summed E-state index contributed by atoms with van der Waals surface area (Å²) in [4.78, 5) is 19.0. The number of morpholine rings is 2. The number of nitrogens with zero attached hydrogens (tertiary/aromatic N) is 6. The minimum absolute atomic E-state index is 0.00838. The molecular weight excluding hydrogens is 423 g/mol. The Morgan fingerprint density at radius 1 is 0.970 bits per heavy atom. The molecule has 0 N–H and O–H groups in total. The lowest BCUT2D eigenvalue weighted by Gasteiger charge is -2.37. The number of nitriles is 1. The Labute approximate surface area is 191 Å². The topological polar surface area (TPSA) is 87.4 Å². The maximum absolute atomic E-state index is 14.2. The highest BCUT2D eigenvalue weighted by Crippen LogP contribution is 2.31. The molecule has 9 heteroatoms. The first-order chi connectivity index (χ1) is 16.0. The molecule has 4 heterocycles. The van der Waals surface area contributed by atoms with Gasteiger partial charge < -0.3 is 19.3 Å². The lowest BCUT2D eigenvalue weighted by Crippen LogP contribution is -2.46. The van der Waals surface area contributed by atoms with Crippen LogP contribution in [0.25, 0.3) is 22.3 Å². The second-order valence-corrected chi connectivity index (χ2v) is 8.46. The predicted octanol–water partition coefficient (Wildman–Crippen LogP) is 3.15. The second kappa shape index (κ2) is 8.89. The van der Waals surface area contributed by atoms with E-state index in [0.29, 0.717) is 55.8 Å². The number of halogens is 1. The average molecular weight is 449 g/mol. The van der Waals surface area contributed by atoms with Crippen LogP contribution in [0.3, 0.4) is 0 Å². The number of fused-ring (bicyclic) bond motifs is 1. The van der Waals surface area contributed by atoms with Crippen LogP contribution in [0.1, 0.15) is 19.4 Å². The molecule has 170 valence electrons. The molecule has 2 fully saturated rings. The smallest absolute Gasteiger partial charge is 0.229 e. The fourth-order valence-corrected chi connectivity index (χ4v) is 4.32. The van der Waals surface area contributed by atoms with Gasteiger partial charge in [-0.2, -0.15) is 15.2 Å². The van der Waals surface area contributed by atoms with Crippen molar-refractivity contribution in [2.75, 3.05) is 49.3 Å². The second-order valence-electron chi connectivity index (χ2n) is 8.46. The van der Waals surface area contributed by atoms with E-state index in [4.69, 9.17) is 29.7 Å². The third-order valence-electron chi connectivity index (χ3n) is 6.18. The standard InChI is InChI=1S/C24H25FN6O2/c1-15-13-32-9-7-30(15)23-19-5-6-21(17-3-4-18(12-26)20(25)11-17)27-22(19)28-24(29-23)31-8-10-33-14-16(31)2/h3-6,11,15-16H,7-10,13-14H2,1-2H3/t15-,16-/m0/s1. The van der Waals surface area contributed by atoms with E-state index in [1.165, 1.54) is 12.1 Å². The number of benzene rings is 1. The van der Waals surface area contributed by atoms with Gasteiger partial charge >= 0.3 is 0 Å². The quantitative estimate of drug-likeness (QED) is 0.604. The van der Waals surface area contributed by atoms with Gasteiger partial charge in [0.2, 0.25) is 5.95 Å². The molecule has 0 unspecified atom stereocenters. The molecule has 8 nitrogen and oxygen atoms in total. The van der Waals surface area contributed by atoms with Crippen molar-refractivity contribution in [2.45, 2.75) is 25.9 Å². The van der Waals surface area contributed by atoms with Crippen molar-refractivity contribution in [1.82, 2.24) is 15.0 Å². The van der Waals surface area contributed by atoms with Crippen LogP contribution in [-0.4, -0.2) is 66.6 Å². The normalized spacial score (nSPS) is 21.3. The fourth-order valence-electron chi connectivity index (χ4n) is 4.32. The van der Waals surface area contributed by atoms with Crippen molar-refractivity contribution in [1.29, 1.82) is 5.26 Å². The molecule has 3 aromatic rings. The summed E-state index contributed by atoms with van der Waals surface area (Å²) in [5, 5.41) is 9.86. The highest BCUT2D eigenvalue weighted by Gasteiger charge is 2.27. The number of hydrogen-bond donors (Lipinski definition) is 0. The zero-order valence-electron chi connectivity index (χ0n) is 18.7. The van der Waals surface area contributed by atoms with Crippen LogP contribution in [0.5, 0.6) is 0 Å². The highest BCUT2D eigenvalue weighted by atomic mass is 19.1. The number of aromatic nitrogens is 3. The van der Waals surface area contributed by atoms with Crippen LogP contribution in [0.4, 0.5) is 16.2 Å². The Morgan fingerprint density at radius 3 is 2.36 bits per heavy atom. The summed E-state index contributed by atoms with van der Waals surface area (Å²) in [6.07, 6.45) is 0. The lowest BCUT2D eigenvalue weighted by molar-refractivity contribution is 0.0973. The van der Waals surface area contributed by atoms with Crippen molar-refractivity contribution >= 4 is 22.8 Å². The number of rotatable bonds is 3. The molecule has 1 aromatic carbocycles. The molecule has 2 saturated heterocycles. The van der Waals surface area contributed by atoms with Crippen molar-refractivity contribution in [2.24, 2.45) is 0 Å². The molecule has 2 atom stereocenters. The third kappa shape index (κ3) is 4.08. The molecule has 2 aliphatic rings. The monoisotopic (exact) mass is 448 g/mol. The lowest BCUT2D eigenvalue weighted by atomic mass is 10.1. The fraction of sp³-hybridized carbons (Fsp3) is 0.417. The Bertz CT molecular complexity index is 1230. The number of hydrogen-bond acceptors (Lipinski definition) is 8. The molecule has 5 rings (SSSR count). The van der Waals surface area contributed by atoms with Crippen molar-refractivity contribution < 1.29 is 13.9 Å². The third-order valence-corrected chi connectivity index (χ3v) is 6.18. The largest absolute Gasteiger partial charge is 0.377 e. The first kappa shape index (κ1) is 21.5. The van der Waals surface area contributed by atoms with E-state index < -0.39 is 5.82 Å². The predicted molar refractivity (Wildman–Crippen MR) is 123 cm³/mol. The van der Waals surface area contributed by atoms with Gasteiger partial charge in [0, 0.05) is 18.7 Å². The van der Waals surface area contributed by atoms with Gasteiger partial charge in [0.05, 0.1) is 55.2 Å². The number of anilines is 2. The van der Waals surface area contributed by atoms with Gasteiger partial charge in [-0.05, 0) is 38.1 Å². The van der Waals surface area contributed by atoms with Gasteiger partial charge in [0.25, 0.3) is 0 Å². The van der Waals surface area contributed by atoms with Crippen molar-refractivity contribution in [3.8, 4) is 17.3 Å². The minimum atomic E-state index is -0.565. The molecule has 0 saturated carbocycles. The summed E-state index contributed by atoms with van der Waals surface area (Å²) in [6.45, 7) is 8.13. The highest BCUT2D eigenvalue weighted by molar-refractivity contribution is 5.90. The van der Waals surface area contributed by atoms with E-state index in [1.807, 2.05) is 18.2 Å². The molecule has 0 spiro atoms. The summed E-state index contributed by atoms with van der Waals surface area (Å²) < 4.78 is 25.5. The van der Waals surface area contributed by atoms with Crippen LogP contribution in [0.15, 0.2) is 30.3 Å². The average Bonchev–Trinajstić information content (AvgIpc) is 2.83. The molecule has 2 aromatic heterocycles. The molecule has 2 aliphatic heterocycles. The van der Waals surface area contributed by atoms with Gasteiger partial charge in [-0.15, -0.1) is 0 Å². The molecule has 0 amide bonds. The summed E-state index contributed by atoms with van der Waals surface area (Å²) in [6, 6.07) is 10.5. The number of ether oxygens (including phenoxy) is 2. The Morgan fingerprint density at radius 2 is 1.70 bits per heavy atom. The van der Waals surface area contributed by atoms with E-state index >= 15 is 0 Å². The van der Waals surface area contributed by atoms with Gasteiger partial charge in [0.15, 0.2) is 5.65 Å². The van der Waals surface area contributed by atoms with Gasteiger partial charge in [-0.25, -0.2) is 9.37 Å². The Balaban J connectivity index is 1.65. The molecule has 0 aliphatic carbocycles. The van der Waals surface area contributed by atoms with Crippen molar-refractivity contribution in [3.63, 3.8) is 0 Å². The summed E-state index contributed by atoms with van der Waals surface area (Å²) in [7, 11) is 0. The van der Waals surface area contributed by atoms with E-state index in [9.17, 15) is 4.39 Å². The van der Waals surface area contributed by atoms with E-state index in [0.717, 1.165) is 17.7 Å². The maximum atomic E-state index is 14.2. The van der Waals surface area contributed by atoms with Crippen molar-refractivity contribution in [3.05, 3.63) is 41.7 Å². The molecule has 0 radical (unpaired) electrons. The zero-order valence-corrected chi connectivity index (χ0v) is 18.7. The molecule has 0 bridgehead atoms. The van der Waals surface area contributed by atoms with E-state index in [-0.39, 0.29) is 17.6 Å². The van der Waals surface area contributed by atoms with Crippen LogP contribution in [0, 0.1) is 17.1 Å². The SMILES string of the molecule is C[C@H]1COCCN1c1nc(N2CCOC[C@@H]2C)c2ccc(-c3ccc(C#N)c(F)c3)nc2n1. The Hall–Kier alpha value is -3.35. The minimum Gasteiger partial charge on any atom is -0.377 e. The Kier molecular flexibility index (Phi) is 5.79. The van der Waals surface area contributed by atoms with Crippen LogP contribution >= 0.6 is 0 Å². The maximum Gasteiger partial charge on any atom is 0.229 e. The van der Waals surface area contributed by atoms with Gasteiger partial charge in [-0.1, -0.05) is 6.07 Å². The van der Waals surface area contributed by atoms with E-state index in [2.05, 4.69) is 23.6 Å². The van der Waals surface area contributed by atoms with Crippen LogP contribution in [-0.2, 0) is 9.47 Å². The van der Waals surface area contributed by atoms with Crippen LogP contribution in [0.2, 0.25) is 0 Å². The molecule has 33 heavy (non-hydrogen) atoms. The summed E-state index contributed by atoms with van der Waals surface area (Å²) >= 11 is 0. The zero-order chi connectivity index (χ0) is 22.9. The van der Waals surface area contributed by atoms with Crippen LogP contribution < -0.4 is 9.80 Å². The first-order valence-corrected chi connectivity index (χ1v) is 11.1. The summed E-state index contributed by atoms with van der Waals surface area (Å²) in [5.74, 6) is 0.877. The van der Waals surface area contributed by atoms with E-state index in [1.54, 1.807) is 6.07 Å². The molecular formula is C24H25FN6O2. The first-order valence-electron chi connectivity index (χ1n) is 11.1. The van der Waals surface area contributed by atoms with Gasteiger partial charge in [0.1, 0.15) is 17.7 Å². The van der Waals surface area contributed by atoms with Gasteiger partial charge in [-0.3, -0.25) is 0 Å². The number of pyridine rings is 1. The summed E-state index contributed by atoms with van der Waals surface area (Å²) in [5.41, 5.74) is 1.74.